The van der Waals surface area contributed by atoms with Crippen LogP contribution in [-0.2, 0) is 5.41 Å². The summed E-state index contributed by atoms with van der Waals surface area (Å²) in [7, 11) is 0. The normalized spacial score (nSPS) is 13.0. The minimum absolute atomic E-state index is 0.456. The van der Waals surface area contributed by atoms with E-state index in [9.17, 15) is 0 Å². The van der Waals surface area contributed by atoms with Crippen molar-refractivity contribution in [2.45, 2.75) is 5.41 Å². The summed E-state index contributed by atoms with van der Waals surface area (Å²) in [4.78, 5) is 2.47. The molecule has 2 nitrogen and oxygen atoms in total. The van der Waals surface area contributed by atoms with E-state index in [-0.39, 0.29) is 0 Å². The Morgan fingerprint density at radius 3 is 1.54 bits per heavy atom. The van der Waals surface area contributed by atoms with Gasteiger partial charge in [0.05, 0.1) is 11.1 Å². The molecule has 2 aliphatic rings. The van der Waals surface area contributed by atoms with Gasteiger partial charge in [0.2, 0.25) is 0 Å². The van der Waals surface area contributed by atoms with Gasteiger partial charge in [0.25, 0.3) is 0 Å². The molecule has 0 radical (unpaired) electrons. The first-order valence-corrected chi connectivity index (χ1v) is 26.3. The highest BCUT2D eigenvalue weighted by Crippen LogP contribution is 2.63. The fourth-order valence-corrected chi connectivity index (χ4v) is 13.9. The van der Waals surface area contributed by atoms with Crippen LogP contribution >= 0.6 is 11.3 Å². The maximum atomic E-state index is 6.30. The topological polar surface area (TPSA) is 16.4 Å². The second-order valence-electron chi connectivity index (χ2n) is 19.9. The third-order valence-corrected chi connectivity index (χ3v) is 17.2. The summed E-state index contributed by atoms with van der Waals surface area (Å²) in [6, 6.07) is 96.9. The Morgan fingerprint density at radius 2 is 0.811 bits per heavy atom. The molecule has 1 spiro atoms. The lowest BCUT2D eigenvalue weighted by Crippen LogP contribution is -2.26. The van der Waals surface area contributed by atoms with Crippen molar-refractivity contribution < 1.29 is 4.42 Å². The van der Waals surface area contributed by atoms with E-state index in [0.717, 1.165) is 61.3 Å². The van der Waals surface area contributed by atoms with Crippen LogP contribution in [0.4, 0.5) is 17.1 Å². The van der Waals surface area contributed by atoms with Crippen molar-refractivity contribution in [1.82, 2.24) is 0 Å². The Labute approximate surface area is 432 Å². The van der Waals surface area contributed by atoms with Crippen molar-refractivity contribution in [2.75, 3.05) is 4.90 Å². The van der Waals surface area contributed by atoms with Crippen LogP contribution in [0.2, 0.25) is 0 Å². The van der Waals surface area contributed by atoms with Crippen LogP contribution in [0.15, 0.2) is 265 Å². The Balaban J connectivity index is 0.876. The molecular formula is C71H43NOS. The molecule has 0 atom stereocenters. The van der Waals surface area contributed by atoms with Gasteiger partial charge in [-0.15, -0.1) is 11.3 Å². The quantitative estimate of drug-likeness (QED) is 0.165. The van der Waals surface area contributed by atoms with Gasteiger partial charge >= 0.3 is 0 Å². The van der Waals surface area contributed by atoms with Crippen molar-refractivity contribution >= 4 is 81.3 Å². The number of fused-ring (bicyclic) bond motifs is 17. The lowest BCUT2D eigenvalue weighted by Gasteiger charge is -2.32. The molecule has 12 aromatic carbocycles. The van der Waals surface area contributed by atoms with Crippen molar-refractivity contribution in [3.8, 4) is 55.6 Å². The first kappa shape index (κ1) is 41.3. The molecule has 16 rings (SSSR count). The number of benzene rings is 12. The molecule has 2 heterocycles. The number of hydrogen-bond donors (Lipinski definition) is 0. The van der Waals surface area contributed by atoms with Crippen molar-refractivity contribution in [3.05, 3.63) is 283 Å². The maximum absolute atomic E-state index is 6.30. The number of anilines is 3. The van der Waals surface area contributed by atoms with Gasteiger partial charge in [-0.2, -0.15) is 0 Å². The van der Waals surface area contributed by atoms with Gasteiger partial charge < -0.3 is 9.32 Å². The third kappa shape index (κ3) is 5.99. The van der Waals surface area contributed by atoms with Crippen LogP contribution in [0.3, 0.4) is 0 Å². The van der Waals surface area contributed by atoms with E-state index in [1.165, 1.54) is 86.6 Å². The van der Waals surface area contributed by atoms with Crippen LogP contribution in [0, 0.1) is 0 Å². The first-order valence-electron chi connectivity index (χ1n) is 25.5. The fraction of sp³-hybridized carbons (Fsp3) is 0.0141. The molecule has 0 unspecified atom stereocenters. The summed E-state index contributed by atoms with van der Waals surface area (Å²) in [6.07, 6.45) is 0. The Hall–Kier alpha value is -9.28. The summed E-state index contributed by atoms with van der Waals surface area (Å²) < 4.78 is 8.91. The number of rotatable bonds is 6. The molecule has 2 aliphatic carbocycles. The van der Waals surface area contributed by atoms with E-state index in [4.69, 9.17) is 4.42 Å². The third-order valence-electron chi connectivity index (χ3n) is 16.1. The van der Waals surface area contributed by atoms with Crippen LogP contribution in [0.25, 0.3) is 109 Å². The lowest BCUT2D eigenvalue weighted by molar-refractivity contribution is 0.669. The predicted octanol–water partition coefficient (Wildman–Crippen LogP) is 19.9. The van der Waals surface area contributed by atoms with Crippen molar-refractivity contribution in [1.29, 1.82) is 0 Å². The van der Waals surface area contributed by atoms with E-state index in [1.807, 2.05) is 17.4 Å². The van der Waals surface area contributed by atoms with Gasteiger partial charge in [-0.1, -0.05) is 176 Å². The molecule has 0 aliphatic heterocycles. The van der Waals surface area contributed by atoms with Gasteiger partial charge in [0.15, 0.2) is 0 Å². The summed E-state index contributed by atoms with van der Waals surface area (Å²) >= 11 is 1.86. The first-order chi connectivity index (χ1) is 36.7. The Kier molecular flexibility index (Phi) is 8.86. The highest BCUT2D eigenvalue weighted by atomic mass is 32.1. The summed E-state index contributed by atoms with van der Waals surface area (Å²) in [5, 5.41) is 7.25. The molecule has 0 N–H and O–H groups in total. The minimum atomic E-state index is -0.456. The monoisotopic (exact) mass is 957 g/mol. The zero-order valence-corrected chi connectivity index (χ0v) is 40.9. The minimum Gasteiger partial charge on any atom is -0.456 e. The number of furan rings is 1. The van der Waals surface area contributed by atoms with E-state index in [1.54, 1.807) is 0 Å². The molecule has 344 valence electrons. The lowest BCUT2D eigenvalue weighted by atomic mass is 9.70. The van der Waals surface area contributed by atoms with Crippen molar-refractivity contribution in [3.63, 3.8) is 0 Å². The molecule has 0 bridgehead atoms. The van der Waals surface area contributed by atoms with E-state index in [2.05, 4.69) is 260 Å². The van der Waals surface area contributed by atoms with Gasteiger partial charge in [-0.05, 0) is 168 Å². The Morgan fingerprint density at radius 1 is 0.297 bits per heavy atom. The van der Waals surface area contributed by atoms with Crippen LogP contribution in [0.1, 0.15) is 22.3 Å². The van der Waals surface area contributed by atoms with Gasteiger partial charge in [-0.3, -0.25) is 0 Å². The number of hydrogen-bond acceptors (Lipinski definition) is 3. The number of para-hydroxylation sites is 1. The zero-order chi connectivity index (χ0) is 48.5. The largest absolute Gasteiger partial charge is 0.456 e. The molecule has 14 aromatic rings. The van der Waals surface area contributed by atoms with Gasteiger partial charge in [0.1, 0.15) is 11.2 Å². The summed E-state index contributed by atoms with van der Waals surface area (Å²) in [5.74, 6) is 0. The molecule has 0 saturated heterocycles. The van der Waals surface area contributed by atoms with Gasteiger partial charge in [-0.25, -0.2) is 0 Å². The van der Waals surface area contributed by atoms with Crippen molar-refractivity contribution in [2.24, 2.45) is 0 Å². The number of thiophene rings is 1. The second-order valence-corrected chi connectivity index (χ2v) is 21.0. The molecule has 0 saturated carbocycles. The number of nitrogens with zero attached hydrogens (tertiary/aromatic N) is 1. The average molecular weight is 958 g/mol. The predicted molar refractivity (Wildman–Crippen MR) is 311 cm³/mol. The highest BCUT2D eigenvalue weighted by Gasteiger charge is 2.51. The Bertz CT molecular complexity index is 4430. The summed E-state index contributed by atoms with van der Waals surface area (Å²) in [6.45, 7) is 0. The SMILES string of the molecule is c1ccc2c(c1)-c1ccccc1C21c2ccccc2-c2ccc(N(c3ccc(-c4cc(-c5ccc6oc7ccccc7c6c5)cc(-c5ccc6sc7ccccc7c6c5)c4)cc3)c3cccc4ccccc34)cc21. The highest BCUT2D eigenvalue weighted by molar-refractivity contribution is 7.25. The summed E-state index contributed by atoms with van der Waals surface area (Å²) in [5.41, 5.74) is 22.2. The van der Waals surface area contributed by atoms with E-state index < -0.39 is 5.41 Å². The van der Waals surface area contributed by atoms with Gasteiger partial charge in [0, 0.05) is 47.7 Å². The molecular weight excluding hydrogens is 915 g/mol. The van der Waals surface area contributed by atoms with Crippen LogP contribution in [0.5, 0.6) is 0 Å². The molecule has 0 amide bonds. The molecule has 2 aromatic heterocycles. The van der Waals surface area contributed by atoms with E-state index in [0.29, 0.717) is 0 Å². The fourth-order valence-electron chi connectivity index (χ4n) is 12.8. The molecule has 74 heavy (non-hydrogen) atoms. The van der Waals surface area contributed by atoms with E-state index >= 15 is 0 Å². The van der Waals surface area contributed by atoms with Crippen LogP contribution in [-0.4, -0.2) is 0 Å². The maximum Gasteiger partial charge on any atom is 0.135 e. The molecule has 3 heteroatoms. The average Bonchev–Trinajstić information content (AvgIpc) is 4.25. The van der Waals surface area contributed by atoms with Crippen LogP contribution < -0.4 is 4.90 Å². The molecule has 0 fully saturated rings. The smallest absolute Gasteiger partial charge is 0.135 e. The zero-order valence-electron chi connectivity index (χ0n) is 40.1. The second kappa shape index (κ2) is 15.9. The standard InChI is InChI=1S/C71H43NOS/c1-2-16-53-45(14-1)15-13-25-66(53)72(52-34-35-57-56-19-5-10-24-64(56)71(65(57)43-52)62-22-8-3-17-54(62)55-18-4-9-23-63(55)71)51-32-28-44(29-33-51)48-38-49(46-30-36-68-60(41-46)58-20-6-11-26-67(58)73-68)40-50(39-48)47-31-37-70-61(42-47)59-21-7-12-27-69(59)74-70/h1-43H.